The average Bonchev–Trinajstić information content (AvgIpc) is 2.14. The van der Waals surface area contributed by atoms with Crippen LogP contribution >= 0.6 is 0 Å². The lowest BCUT2D eigenvalue weighted by molar-refractivity contribution is -0.149. The number of phenols is 1. The highest BCUT2D eigenvalue weighted by atomic mass is 16.5. The maximum Gasteiger partial charge on any atom is 0.332 e. The maximum absolute atomic E-state index is 10.4. The minimum atomic E-state index is -0.995. The number of aromatic hydroxyl groups is 1. The Kier molecular flexibility index (Phi) is 3.48. The number of rotatable bonds is 4. The molecule has 0 aromatic heterocycles. The van der Waals surface area contributed by atoms with Crippen molar-refractivity contribution in [3.05, 3.63) is 29.8 Å². The average molecular weight is 196 g/mol. The molecule has 0 spiro atoms. The number of benzene rings is 1. The Morgan fingerprint density at radius 2 is 2.29 bits per heavy atom. The third-order valence-electron chi connectivity index (χ3n) is 1.76. The Balaban J connectivity index is 2.49. The predicted molar refractivity (Wildman–Crippen MR) is 50.0 cm³/mol. The third kappa shape index (κ3) is 3.06. The van der Waals surface area contributed by atoms with Gasteiger partial charge in [-0.1, -0.05) is 12.1 Å². The topological polar surface area (TPSA) is 66.8 Å². The van der Waals surface area contributed by atoms with Crippen molar-refractivity contribution in [2.45, 2.75) is 19.6 Å². The van der Waals surface area contributed by atoms with Crippen LogP contribution in [0, 0.1) is 0 Å². The summed E-state index contributed by atoms with van der Waals surface area (Å²) in [4.78, 5) is 10.4. The van der Waals surface area contributed by atoms with Crippen LogP contribution in [0.25, 0.3) is 0 Å². The standard InChI is InChI=1S/C10H12O4/c1-7(10(12)13)14-6-8-3-2-4-9(11)5-8/h2-5,7,11H,6H2,1H3,(H,12,13)/t7-/m1/s1. The second kappa shape index (κ2) is 4.62. The lowest BCUT2D eigenvalue weighted by Gasteiger charge is -2.08. The zero-order chi connectivity index (χ0) is 10.6. The van der Waals surface area contributed by atoms with E-state index in [1.807, 2.05) is 0 Å². The highest BCUT2D eigenvalue weighted by Crippen LogP contribution is 2.12. The minimum Gasteiger partial charge on any atom is -0.508 e. The van der Waals surface area contributed by atoms with Crippen LogP contribution in [0.15, 0.2) is 24.3 Å². The molecule has 0 heterocycles. The highest BCUT2D eigenvalue weighted by molar-refractivity contribution is 5.71. The van der Waals surface area contributed by atoms with Gasteiger partial charge >= 0.3 is 5.97 Å². The number of hydrogen-bond donors (Lipinski definition) is 2. The first-order valence-electron chi connectivity index (χ1n) is 4.22. The predicted octanol–water partition coefficient (Wildman–Crippen LogP) is 1.38. The van der Waals surface area contributed by atoms with E-state index in [1.54, 1.807) is 18.2 Å². The zero-order valence-corrected chi connectivity index (χ0v) is 7.80. The van der Waals surface area contributed by atoms with Gasteiger partial charge in [-0.3, -0.25) is 0 Å². The summed E-state index contributed by atoms with van der Waals surface area (Å²) in [5.74, 6) is -0.848. The second-order valence-electron chi connectivity index (χ2n) is 2.96. The van der Waals surface area contributed by atoms with Gasteiger partial charge in [-0.25, -0.2) is 4.79 Å². The SMILES string of the molecule is C[C@@H](OCc1cccc(O)c1)C(=O)O. The molecule has 14 heavy (non-hydrogen) atoms. The molecule has 0 amide bonds. The molecule has 4 nitrogen and oxygen atoms in total. The van der Waals surface area contributed by atoms with Gasteiger partial charge in [0.05, 0.1) is 6.61 Å². The molecule has 1 aromatic rings. The second-order valence-corrected chi connectivity index (χ2v) is 2.96. The van der Waals surface area contributed by atoms with E-state index in [2.05, 4.69) is 0 Å². The normalized spacial score (nSPS) is 12.4. The summed E-state index contributed by atoms with van der Waals surface area (Å²) < 4.78 is 5.03. The van der Waals surface area contributed by atoms with E-state index in [4.69, 9.17) is 14.9 Å². The lowest BCUT2D eigenvalue weighted by Crippen LogP contribution is -2.19. The van der Waals surface area contributed by atoms with Crippen molar-refractivity contribution in [2.75, 3.05) is 0 Å². The molecule has 1 aromatic carbocycles. The quantitative estimate of drug-likeness (QED) is 0.763. The zero-order valence-electron chi connectivity index (χ0n) is 7.80. The summed E-state index contributed by atoms with van der Waals surface area (Å²) >= 11 is 0. The first kappa shape index (κ1) is 10.5. The molecule has 76 valence electrons. The fourth-order valence-corrected chi connectivity index (χ4v) is 0.939. The summed E-state index contributed by atoms with van der Waals surface area (Å²) in [6.07, 6.45) is -0.836. The van der Waals surface area contributed by atoms with Crippen LogP contribution in [0.3, 0.4) is 0 Å². The maximum atomic E-state index is 10.4. The number of ether oxygens (including phenoxy) is 1. The number of phenolic OH excluding ortho intramolecular Hbond substituents is 1. The van der Waals surface area contributed by atoms with Crippen LogP contribution in [-0.2, 0) is 16.1 Å². The van der Waals surface area contributed by atoms with Gasteiger partial charge in [-0.15, -0.1) is 0 Å². The summed E-state index contributed by atoms with van der Waals surface area (Å²) in [6, 6.07) is 6.52. The van der Waals surface area contributed by atoms with Gasteiger partial charge in [0.2, 0.25) is 0 Å². The summed E-state index contributed by atoms with van der Waals surface area (Å²) in [5.41, 5.74) is 0.748. The summed E-state index contributed by atoms with van der Waals surface area (Å²) in [7, 11) is 0. The first-order valence-corrected chi connectivity index (χ1v) is 4.22. The van der Waals surface area contributed by atoms with E-state index in [0.717, 1.165) is 5.56 Å². The molecule has 0 aliphatic rings. The van der Waals surface area contributed by atoms with Crippen LogP contribution in [0.4, 0.5) is 0 Å². The van der Waals surface area contributed by atoms with E-state index >= 15 is 0 Å². The number of carboxylic acid groups (broad SMARTS) is 1. The molecule has 4 heteroatoms. The Labute approximate surface area is 81.8 Å². The summed E-state index contributed by atoms with van der Waals surface area (Å²) in [6.45, 7) is 1.65. The lowest BCUT2D eigenvalue weighted by atomic mass is 10.2. The van der Waals surface area contributed by atoms with Crippen LogP contribution in [-0.4, -0.2) is 22.3 Å². The van der Waals surface area contributed by atoms with Crippen molar-refractivity contribution >= 4 is 5.97 Å². The van der Waals surface area contributed by atoms with E-state index in [1.165, 1.54) is 13.0 Å². The number of carbonyl (C=O) groups is 1. The molecule has 0 fully saturated rings. The smallest absolute Gasteiger partial charge is 0.332 e. The van der Waals surface area contributed by atoms with Gasteiger partial charge in [0, 0.05) is 0 Å². The Morgan fingerprint density at radius 3 is 2.86 bits per heavy atom. The third-order valence-corrected chi connectivity index (χ3v) is 1.76. The van der Waals surface area contributed by atoms with E-state index in [-0.39, 0.29) is 12.4 Å². The minimum absolute atomic E-state index is 0.147. The van der Waals surface area contributed by atoms with Gasteiger partial charge in [-0.05, 0) is 24.6 Å². The van der Waals surface area contributed by atoms with Crippen LogP contribution in [0.5, 0.6) is 5.75 Å². The van der Waals surface area contributed by atoms with E-state index in [9.17, 15) is 4.79 Å². The largest absolute Gasteiger partial charge is 0.508 e. The molecular formula is C10H12O4. The number of carboxylic acids is 1. The van der Waals surface area contributed by atoms with Crippen LogP contribution < -0.4 is 0 Å². The van der Waals surface area contributed by atoms with Crippen LogP contribution in [0.2, 0.25) is 0 Å². The molecule has 1 rings (SSSR count). The first-order chi connectivity index (χ1) is 6.59. The molecule has 2 N–H and O–H groups in total. The van der Waals surface area contributed by atoms with Crippen molar-refractivity contribution in [2.24, 2.45) is 0 Å². The molecule has 0 aliphatic heterocycles. The molecule has 0 saturated heterocycles. The highest BCUT2D eigenvalue weighted by Gasteiger charge is 2.10. The van der Waals surface area contributed by atoms with Crippen molar-refractivity contribution in [3.63, 3.8) is 0 Å². The Morgan fingerprint density at radius 1 is 1.57 bits per heavy atom. The van der Waals surface area contributed by atoms with E-state index in [0.29, 0.717) is 0 Å². The molecule has 0 unspecified atom stereocenters. The van der Waals surface area contributed by atoms with Gasteiger partial charge < -0.3 is 14.9 Å². The molecule has 1 atom stereocenters. The van der Waals surface area contributed by atoms with Crippen molar-refractivity contribution in [1.29, 1.82) is 0 Å². The van der Waals surface area contributed by atoms with Gasteiger partial charge in [0.1, 0.15) is 5.75 Å². The van der Waals surface area contributed by atoms with Gasteiger partial charge in [-0.2, -0.15) is 0 Å². The van der Waals surface area contributed by atoms with Crippen molar-refractivity contribution < 1.29 is 19.7 Å². The van der Waals surface area contributed by atoms with E-state index < -0.39 is 12.1 Å². The van der Waals surface area contributed by atoms with Gasteiger partial charge in [0.15, 0.2) is 6.10 Å². The number of hydrogen-bond acceptors (Lipinski definition) is 3. The Hall–Kier alpha value is -1.55. The van der Waals surface area contributed by atoms with Crippen molar-refractivity contribution in [1.82, 2.24) is 0 Å². The molecule has 0 aliphatic carbocycles. The Bertz CT molecular complexity index is 322. The molecule has 0 saturated carbocycles. The summed E-state index contributed by atoms with van der Waals surface area (Å²) in [5, 5.41) is 17.7. The van der Waals surface area contributed by atoms with Crippen LogP contribution in [0.1, 0.15) is 12.5 Å². The molecule has 0 bridgehead atoms. The molecule has 0 radical (unpaired) electrons. The monoisotopic (exact) mass is 196 g/mol. The fraction of sp³-hybridized carbons (Fsp3) is 0.300. The number of aliphatic carboxylic acids is 1. The van der Waals surface area contributed by atoms with Crippen molar-refractivity contribution in [3.8, 4) is 5.75 Å². The molecular weight excluding hydrogens is 184 g/mol. The fourth-order valence-electron chi connectivity index (χ4n) is 0.939. The van der Waals surface area contributed by atoms with Gasteiger partial charge in [0.25, 0.3) is 0 Å².